The molecule has 1 atom stereocenters. The number of aromatic nitrogens is 4. The van der Waals surface area contributed by atoms with E-state index in [2.05, 4.69) is 33.6 Å². The topological polar surface area (TPSA) is 63.9 Å². The van der Waals surface area contributed by atoms with E-state index in [0.29, 0.717) is 5.82 Å². The fourth-order valence-electron chi connectivity index (χ4n) is 3.63. The summed E-state index contributed by atoms with van der Waals surface area (Å²) < 4.78 is 0. The predicted octanol–water partition coefficient (Wildman–Crippen LogP) is 4.22. The molecule has 0 unspecified atom stereocenters. The Bertz CT molecular complexity index is 1160. The molecule has 1 aliphatic heterocycles. The number of carbonyl (C=O) groups excluding carboxylic acids is 1. The van der Waals surface area contributed by atoms with E-state index in [4.69, 9.17) is 0 Å². The first-order chi connectivity index (χ1) is 14.8. The summed E-state index contributed by atoms with van der Waals surface area (Å²) in [5.74, 6) is 1.25. The maximum atomic E-state index is 13.4. The second kappa shape index (κ2) is 8.12. The molecule has 0 bridgehead atoms. The van der Waals surface area contributed by atoms with Crippen LogP contribution in [0.3, 0.4) is 0 Å². The number of para-hydroxylation sites is 1. The van der Waals surface area contributed by atoms with Gasteiger partial charge in [-0.1, -0.05) is 72.8 Å². The third-order valence-electron chi connectivity index (χ3n) is 5.05. The van der Waals surface area contributed by atoms with E-state index in [9.17, 15) is 4.79 Å². The van der Waals surface area contributed by atoms with Gasteiger partial charge in [-0.2, -0.15) is 4.80 Å². The number of fused-ring (bicyclic) bond motifs is 1. The molecule has 0 aliphatic carbocycles. The minimum Gasteiger partial charge on any atom is -0.301 e. The van der Waals surface area contributed by atoms with Gasteiger partial charge in [-0.3, -0.25) is 4.79 Å². The van der Waals surface area contributed by atoms with Crippen molar-refractivity contribution in [3.05, 3.63) is 90.5 Å². The summed E-state index contributed by atoms with van der Waals surface area (Å²) in [6.07, 6.45) is 0. The van der Waals surface area contributed by atoms with Crippen LogP contribution < -0.4 is 4.90 Å². The Balaban J connectivity index is 1.45. The molecule has 5 rings (SSSR count). The molecular weight excluding hydrogens is 394 g/mol. The van der Waals surface area contributed by atoms with Gasteiger partial charge in [-0.05, 0) is 22.9 Å². The average Bonchev–Trinajstić information content (AvgIpc) is 3.28. The standard InChI is InChI=1S/C23H19N5OS/c29-22(15-27-25-23(24-26-27)18-11-5-2-6-12-18)28-19-13-7-8-14-21(19)30-16-20(28)17-9-3-1-4-10-17/h1-14,20H,15-16H2/t20-/m1/s1. The number of benzene rings is 3. The Kier molecular flexibility index (Phi) is 5.03. The van der Waals surface area contributed by atoms with Gasteiger partial charge in [0.25, 0.3) is 5.91 Å². The van der Waals surface area contributed by atoms with Crippen LogP contribution in [0.15, 0.2) is 89.8 Å². The van der Waals surface area contributed by atoms with Gasteiger partial charge in [-0.15, -0.1) is 22.0 Å². The Hall–Kier alpha value is -3.45. The number of hydrogen-bond donors (Lipinski definition) is 0. The molecule has 0 saturated heterocycles. The lowest BCUT2D eigenvalue weighted by molar-refractivity contribution is -0.120. The summed E-state index contributed by atoms with van der Waals surface area (Å²) in [5.41, 5.74) is 2.92. The molecule has 1 aromatic heterocycles. The highest BCUT2D eigenvalue weighted by atomic mass is 32.2. The lowest BCUT2D eigenvalue weighted by atomic mass is 10.1. The fraction of sp³-hybridized carbons (Fsp3) is 0.130. The summed E-state index contributed by atoms with van der Waals surface area (Å²) in [5, 5.41) is 12.6. The fourth-order valence-corrected chi connectivity index (χ4v) is 4.80. The number of tetrazole rings is 1. The van der Waals surface area contributed by atoms with Crippen LogP contribution in [0, 0.1) is 0 Å². The number of amides is 1. The molecule has 148 valence electrons. The first kappa shape index (κ1) is 18.6. The lowest BCUT2D eigenvalue weighted by Crippen LogP contribution is -2.40. The van der Waals surface area contributed by atoms with Crippen molar-refractivity contribution in [1.82, 2.24) is 20.2 Å². The molecule has 2 heterocycles. The largest absolute Gasteiger partial charge is 0.301 e. The second-order valence-electron chi connectivity index (χ2n) is 6.98. The van der Waals surface area contributed by atoms with E-state index in [1.807, 2.05) is 71.6 Å². The first-order valence-corrected chi connectivity index (χ1v) is 10.7. The van der Waals surface area contributed by atoms with Crippen LogP contribution in [0.4, 0.5) is 5.69 Å². The molecule has 0 spiro atoms. The molecule has 0 saturated carbocycles. The van der Waals surface area contributed by atoms with Crippen LogP contribution in [0.25, 0.3) is 11.4 Å². The Morgan fingerprint density at radius 1 is 0.933 bits per heavy atom. The first-order valence-electron chi connectivity index (χ1n) is 9.71. The van der Waals surface area contributed by atoms with Gasteiger partial charge in [0.2, 0.25) is 5.82 Å². The molecule has 4 aromatic rings. The van der Waals surface area contributed by atoms with Crippen LogP contribution in [-0.2, 0) is 11.3 Å². The van der Waals surface area contributed by atoms with Crippen LogP contribution in [-0.4, -0.2) is 31.9 Å². The summed E-state index contributed by atoms with van der Waals surface area (Å²) in [6.45, 7) is 0.0299. The third-order valence-corrected chi connectivity index (χ3v) is 6.19. The van der Waals surface area contributed by atoms with Gasteiger partial charge in [0.05, 0.1) is 11.7 Å². The molecule has 7 heteroatoms. The average molecular weight is 414 g/mol. The molecule has 0 N–H and O–H groups in total. The third kappa shape index (κ3) is 3.59. The number of carbonyl (C=O) groups is 1. The summed E-state index contributed by atoms with van der Waals surface area (Å²) in [7, 11) is 0. The number of rotatable bonds is 4. The molecule has 1 aliphatic rings. The molecule has 6 nitrogen and oxygen atoms in total. The molecule has 3 aromatic carbocycles. The van der Waals surface area contributed by atoms with Crippen LogP contribution in [0.5, 0.6) is 0 Å². The van der Waals surface area contributed by atoms with E-state index in [1.54, 1.807) is 11.8 Å². The zero-order valence-electron chi connectivity index (χ0n) is 16.1. The number of hydrogen-bond acceptors (Lipinski definition) is 5. The predicted molar refractivity (Wildman–Crippen MR) is 117 cm³/mol. The molecule has 30 heavy (non-hydrogen) atoms. The second-order valence-corrected chi connectivity index (χ2v) is 8.04. The maximum absolute atomic E-state index is 13.4. The van der Waals surface area contributed by atoms with Crippen molar-refractivity contribution in [2.24, 2.45) is 0 Å². The normalized spacial score (nSPS) is 15.6. The summed E-state index contributed by atoms with van der Waals surface area (Å²) in [6, 6.07) is 27.8. The highest BCUT2D eigenvalue weighted by Crippen LogP contribution is 2.43. The molecule has 0 radical (unpaired) electrons. The van der Waals surface area contributed by atoms with Crippen molar-refractivity contribution >= 4 is 23.4 Å². The van der Waals surface area contributed by atoms with Crippen LogP contribution in [0.1, 0.15) is 11.6 Å². The van der Waals surface area contributed by atoms with Crippen molar-refractivity contribution < 1.29 is 4.79 Å². The van der Waals surface area contributed by atoms with E-state index in [1.165, 1.54) is 4.80 Å². The number of thioether (sulfide) groups is 1. The SMILES string of the molecule is O=C(Cn1nnc(-c2ccccc2)n1)N1c2ccccc2SC[C@@H]1c1ccccc1. The van der Waals surface area contributed by atoms with Crippen molar-refractivity contribution in [2.75, 3.05) is 10.7 Å². The van der Waals surface area contributed by atoms with E-state index < -0.39 is 0 Å². The van der Waals surface area contributed by atoms with Gasteiger partial charge >= 0.3 is 0 Å². The van der Waals surface area contributed by atoms with Gasteiger partial charge in [0.1, 0.15) is 6.54 Å². The van der Waals surface area contributed by atoms with Gasteiger partial charge in [-0.25, -0.2) is 0 Å². The van der Waals surface area contributed by atoms with Gasteiger partial charge in [0.15, 0.2) is 0 Å². The number of anilines is 1. The van der Waals surface area contributed by atoms with Gasteiger partial charge < -0.3 is 4.90 Å². The van der Waals surface area contributed by atoms with Crippen molar-refractivity contribution in [3.63, 3.8) is 0 Å². The van der Waals surface area contributed by atoms with Crippen molar-refractivity contribution in [2.45, 2.75) is 17.5 Å². The minimum absolute atomic E-state index is 0.0299. The van der Waals surface area contributed by atoms with E-state index in [-0.39, 0.29) is 18.5 Å². The van der Waals surface area contributed by atoms with E-state index >= 15 is 0 Å². The maximum Gasteiger partial charge on any atom is 0.251 e. The molecular formula is C23H19N5OS. The zero-order valence-corrected chi connectivity index (χ0v) is 16.9. The Labute approximate surface area is 178 Å². The Morgan fingerprint density at radius 3 is 2.43 bits per heavy atom. The van der Waals surface area contributed by atoms with Crippen molar-refractivity contribution in [1.29, 1.82) is 0 Å². The van der Waals surface area contributed by atoms with Crippen molar-refractivity contribution in [3.8, 4) is 11.4 Å². The highest BCUT2D eigenvalue weighted by molar-refractivity contribution is 7.99. The van der Waals surface area contributed by atoms with E-state index in [0.717, 1.165) is 27.5 Å². The smallest absolute Gasteiger partial charge is 0.251 e. The zero-order chi connectivity index (χ0) is 20.3. The summed E-state index contributed by atoms with van der Waals surface area (Å²) >= 11 is 1.78. The van der Waals surface area contributed by atoms with Crippen LogP contribution in [0.2, 0.25) is 0 Å². The monoisotopic (exact) mass is 413 g/mol. The quantitative estimate of drug-likeness (QED) is 0.501. The van der Waals surface area contributed by atoms with Crippen LogP contribution >= 0.6 is 11.8 Å². The van der Waals surface area contributed by atoms with Gasteiger partial charge in [0, 0.05) is 16.2 Å². The summed E-state index contributed by atoms with van der Waals surface area (Å²) in [4.78, 5) is 17.8. The highest BCUT2D eigenvalue weighted by Gasteiger charge is 2.32. The Morgan fingerprint density at radius 2 is 1.63 bits per heavy atom. The number of nitrogens with zero attached hydrogens (tertiary/aromatic N) is 5. The molecule has 1 amide bonds. The minimum atomic E-state index is -0.0615. The molecule has 0 fully saturated rings. The lowest BCUT2D eigenvalue weighted by Gasteiger charge is -2.37.